The van der Waals surface area contributed by atoms with Crippen LogP contribution in [0.3, 0.4) is 0 Å². The van der Waals surface area contributed by atoms with Crippen LogP contribution in [0.5, 0.6) is 0 Å². The lowest BCUT2D eigenvalue weighted by atomic mass is 10.3. The number of nitriles is 1. The molecule has 0 N–H and O–H groups in total. The van der Waals surface area contributed by atoms with Gasteiger partial charge in [-0.25, -0.2) is 0 Å². The Labute approximate surface area is 106 Å². The van der Waals surface area contributed by atoms with E-state index in [0.717, 1.165) is 17.2 Å². The molecule has 0 aliphatic carbocycles. The van der Waals surface area contributed by atoms with Gasteiger partial charge in [-0.05, 0) is 19.1 Å². The highest BCUT2D eigenvalue weighted by Crippen LogP contribution is 2.11. The molecule has 2 heterocycles. The Morgan fingerprint density at radius 1 is 1.44 bits per heavy atom. The van der Waals surface area contributed by atoms with Crippen LogP contribution in [0.2, 0.25) is 0 Å². The fourth-order valence-electron chi connectivity index (χ4n) is 1.77. The third-order valence-electron chi connectivity index (χ3n) is 2.56. The lowest BCUT2D eigenvalue weighted by molar-refractivity contribution is 0.233. The molecular formula is C13H15N3O2. The number of hydrogen-bond donors (Lipinski definition) is 0. The standard InChI is InChI=1S/C13H15N3O2/c1-11-8-12(15-18-11)9-16(6-3-5-14)10-13-4-2-7-17-13/h2,4,7-8H,3,6,9-10H2,1H3. The zero-order valence-corrected chi connectivity index (χ0v) is 10.3. The van der Waals surface area contributed by atoms with Crippen molar-refractivity contribution < 1.29 is 8.94 Å². The molecule has 18 heavy (non-hydrogen) atoms. The molecule has 2 aromatic heterocycles. The van der Waals surface area contributed by atoms with Crippen molar-refractivity contribution in [1.29, 1.82) is 5.26 Å². The first-order valence-corrected chi connectivity index (χ1v) is 5.82. The maximum Gasteiger partial charge on any atom is 0.133 e. The summed E-state index contributed by atoms with van der Waals surface area (Å²) in [6.07, 6.45) is 2.13. The van der Waals surface area contributed by atoms with Gasteiger partial charge in [0.15, 0.2) is 0 Å². The fraction of sp³-hybridized carbons (Fsp3) is 0.385. The summed E-state index contributed by atoms with van der Waals surface area (Å²) in [7, 11) is 0. The third kappa shape index (κ3) is 3.47. The summed E-state index contributed by atoms with van der Waals surface area (Å²) in [5.74, 6) is 1.68. The highest BCUT2D eigenvalue weighted by molar-refractivity contribution is 5.04. The van der Waals surface area contributed by atoms with Gasteiger partial charge in [0, 0.05) is 25.6 Å². The summed E-state index contributed by atoms with van der Waals surface area (Å²) >= 11 is 0. The second-order valence-electron chi connectivity index (χ2n) is 4.13. The minimum atomic E-state index is 0.484. The minimum absolute atomic E-state index is 0.484. The topological polar surface area (TPSA) is 66.2 Å². The summed E-state index contributed by atoms with van der Waals surface area (Å²) in [6, 6.07) is 7.84. The maximum absolute atomic E-state index is 8.68. The minimum Gasteiger partial charge on any atom is -0.468 e. The van der Waals surface area contributed by atoms with E-state index < -0.39 is 0 Å². The first-order valence-electron chi connectivity index (χ1n) is 5.82. The van der Waals surface area contributed by atoms with E-state index >= 15 is 0 Å². The van der Waals surface area contributed by atoms with E-state index in [1.54, 1.807) is 6.26 Å². The largest absolute Gasteiger partial charge is 0.468 e. The molecular weight excluding hydrogens is 230 g/mol. The van der Waals surface area contributed by atoms with Gasteiger partial charge in [0.1, 0.15) is 11.5 Å². The lowest BCUT2D eigenvalue weighted by Crippen LogP contribution is -2.23. The molecule has 0 radical (unpaired) electrons. The molecule has 0 aliphatic heterocycles. The van der Waals surface area contributed by atoms with Crippen molar-refractivity contribution in [3.8, 4) is 6.07 Å². The van der Waals surface area contributed by atoms with Crippen LogP contribution < -0.4 is 0 Å². The van der Waals surface area contributed by atoms with Gasteiger partial charge < -0.3 is 8.94 Å². The van der Waals surface area contributed by atoms with E-state index in [4.69, 9.17) is 14.2 Å². The molecule has 5 nitrogen and oxygen atoms in total. The second-order valence-corrected chi connectivity index (χ2v) is 4.13. The van der Waals surface area contributed by atoms with Crippen LogP contribution in [-0.2, 0) is 13.1 Å². The van der Waals surface area contributed by atoms with Gasteiger partial charge in [-0.15, -0.1) is 0 Å². The van der Waals surface area contributed by atoms with Gasteiger partial charge in [0.05, 0.1) is 24.6 Å². The van der Waals surface area contributed by atoms with Gasteiger partial charge in [0.25, 0.3) is 0 Å². The molecule has 0 amide bonds. The van der Waals surface area contributed by atoms with Crippen LogP contribution >= 0.6 is 0 Å². The van der Waals surface area contributed by atoms with Crippen molar-refractivity contribution in [2.24, 2.45) is 0 Å². The van der Waals surface area contributed by atoms with Gasteiger partial charge in [-0.3, -0.25) is 4.90 Å². The number of furan rings is 1. The Bertz CT molecular complexity index is 511. The number of aryl methyl sites for hydroxylation is 1. The molecule has 2 rings (SSSR count). The van der Waals surface area contributed by atoms with Crippen LogP contribution in [-0.4, -0.2) is 16.6 Å². The summed E-state index contributed by atoms with van der Waals surface area (Å²) in [4.78, 5) is 2.11. The fourth-order valence-corrected chi connectivity index (χ4v) is 1.77. The van der Waals surface area contributed by atoms with E-state index in [-0.39, 0.29) is 0 Å². The quantitative estimate of drug-likeness (QED) is 0.782. The van der Waals surface area contributed by atoms with Crippen molar-refractivity contribution in [3.05, 3.63) is 41.7 Å². The van der Waals surface area contributed by atoms with E-state index in [0.29, 0.717) is 26.1 Å². The number of aromatic nitrogens is 1. The zero-order chi connectivity index (χ0) is 12.8. The Balaban J connectivity index is 1.98. The predicted molar refractivity (Wildman–Crippen MR) is 64.3 cm³/mol. The first kappa shape index (κ1) is 12.4. The summed E-state index contributed by atoms with van der Waals surface area (Å²) in [5, 5.41) is 12.6. The molecule has 5 heteroatoms. The molecule has 94 valence electrons. The highest BCUT2D eigenvalue weighted by Gasteiger charge is 2.11. The van der Waals surface area contributed by atoms with Gasteiger partial charge >= 0.3 is 0 Å². The molecule has 0 saturated carbocycles. The Morgan fingerprint density at radius 3 is 2.94 bits per heavy atom. The number of hydrogen-bond acceptors (Lipinski definition) is 5. The molecule has 0 aromatic carbocycles. The summed E-state index contributed by atoms with van der Waals surface area (Å²) in [5.41, 5.74) is 0.872. The van der Waals surface area contributed by atoms with E-state index in [1.807, 2.05) is 25.1 Å². The number of nitrogens with zero attached hydrogens (tertiary/aromatic N) is 3. The van der Waals surface area contributed by atoms with Gasteiger partial charge in [0.2, 0.25) is 0 Å². The molecule has 0 fully saturated rings. The van der Waals surface area contributed by atoms with Crippen LogP contribution in [0, 0.1) is 18.3 Å². The number of rotatable bonds is 6. The Morgan fingerprint density at radius 2 is 2.33 bits per heavy atom. The highest BCUT2D eigenvalue weighted by atomic mass is 16.5. The first-order chi connectivity index (χ1) is 8.78. The molecule has 0 aliphatic rings. The molecule has 0 atom stereocenters. The normalized spacial score (nSPS) is 10.7. The zero-order valence-electron chi connectivity index (χ0n) is 10.3. The average Bonchev–Trinajstić information content (AvgIpc) is 2.98. The molecule has 0 unspecified atom stereocenters. The van der Waals surface area contributed by atoms with Crippen molar-refractivity contribution >= 4 is 0 Å². The van der Waals surface area contributed by atoms with Gasteiger partial charge in [-0.2, -0.15) is 5.26 Å². The van der Waals surface area contributed by atoms with E-state index in [1.165, 1.54) is 0 Å². The summed E-state index contributed by atoms with van der Waals surface area (Å²) < 4.78 is 10.4. The molecule has 0 spiro atoms. The molecule has 2 aromatic rings. The monoisotopic (exact) mass is 245 g/mol. The van der Waals surface area contributed by atoms with Gasteiger partial charge in [-0.1, -0.05) is 5.16 Å². The Hall–Kier alpha value is -2.06. The predicted octanol–water partition coefficient (Wildman–Crippen LogP) is 2.49. The van der Waals surface area contributed by atoms with Crippen LogP contribution in [0.25, 0.3) is 0 Å². The molecule has 0 saturated heterocycles. The SMILES string of the molecule is Cc1cc(CN(CCC#N)Cc2ccco2)no1. The molecule has 0 bridgehead atoms. The van der Waals surface area contributed by atoms with Crippen LogP contribution in [0.15, 0.2) is 33.4 Å². The van der Waals surface area contributed by atoms with Crippen LogP contribution in [0.1, 0.15) is 23.6 Å². The van der Waals surface area contributed by atoms with Crippen molar-refractivity contribution in [2.75, 3.05) is 6.54 Å². The maximum atomic E-state index is 8.68. The van der Waals surface area contributed by atoms with Crippen molar-refractivity contribution in [2.45, 2.75) is 26.4 Å². The summed E-state index contributed by atoms with van der Waals surface area (Å²) in [6.45, 7) is 3.87. The van der Waals surface area contributed by atoms with E-state index in [2.05, 4.69) is 16.1 Å². The van der Waals surface area contributed by atoms with Crippen LogP contribution in [0.4, 0.5) is 0 Å². The third-order valence-corrected chi connectivity index (χ3v) is 2.56. The van der Waals surface area contributed by atoms with Crippen molar-refractivity contribution in [1.82, 2.24) is 10.1 Å². The van der Waals surface area contributed by atoms with Crippen molar-refractivity contribution in [3.63, 3.8) is 0 Å². The Kier molecular flexibility index (Phi) is 4.15. The lowest BCUT2D eigenvalue weighted by Gasteiger charge is -2.18. The average molecular weight is 245 g/mol. The van der Waals surface area contributed by atoms with E-state index in [9.17, 15) is 0 Å². The smallest absolute Gasteiger partial charge is 0.133 e. The second kappa shape index (κ2) is 6.03.